The van der Waals surface area contributed by atoms with Gasteiger partial charge in [0.1, 0.15) is 5.75 Å². The number of rotatable bonds is 5. The molecule has 0 amide bonds. The summed E-state index contributed by atoms with van der Waals surface area (Å²) >= 11 is 0. The minimum absolute atomic E-state index is 0.127. The molecule has 0 aromatic heterocycles. The quantitative estimate of drug-likeness (QED) is 0.439. The van der Waals surface area contributed by atoms with Gasteiger partial charge in [0.25, 0.3) is 0 Å². The second-order valence-corrected chi connectivity index (χ2v) is 5.66. The molecule has 0 saturated carbocycles. The molecule has 0 radical (unpaired) electrons. The van der Waals surface area contributed by atoms with Crippen molar-refractivity contribution in [2.45, 2.75) is 46.0 Å². The lowest BCUT2D eigenvalue weighted by Gasteiger charge is -2.24. The zero-order chi connectivity index (χ0) is 14.4. The number of para-hydroxylation sites is 1. The molecule has 0 aliphatic heterocycles. The maximum Gasteiger partial charge on any atom is 0.318 e. The lowest BCUT2D eigenvalue weighted by Crippen LogP contribution is -2.21. The lowest BCUT2D eigenvalue weighted by molar-refractivity contribution is -0.137. The number of allylic oxidation sites excluding steroid dienone is 1. The lowest BCUT2D eigenvalue weighted by atomic mass is 9.82. The molecule has 0 bridgehead atoms. The molecule has 0 N–H and O–H groups in total. The van der Waals surface area contributed by atoms with E-state index >= 15 is 0 Å². The van der Waals surface area contributed by atoms with Crippen molar-refractivity contribution in [3.8, 4) is 5.75 Å². The second kappa shape index (κ2) is 7.28. The largest absolute Gasteiger partial charge is 0.426 e. The monoisotopic (exact) mass is 272 g/mol. The minimum Gasteiger partial charge on any atom is -0.426 e. The van der Waals surface area contributed by atoms with Crippen LogP contribution in [0, 0.1) is 11.8 Å². The van der Waals surface area contributed by atoms with Crippen LogP contribution in [0.2, 0.25) is 0 Å². The molecule has 1 aliphatic carbocycles. The van der Waals surface area contributed by atoms with Crippen LogP contribution in [-0.2, 0) is 4.79 Å². The topological polar surface area (TPSA) is 26.3 Å². The van der Waals surface area contributed by atoms with E-state index in [0.717, 1.165) is 18.8 Å². The van der Waals surface area contributed by atoms with Gasteiger partial charge in [-0.2, -0.15) is 0 Å². The Bertz CT molecular complexity index is 462. The summed E-state index contributed by atoms with van der Waals surface area (Å²) in [6, 6.07) is 9.30. The van der Waals surface area contributed by atoms with Crippen LogP contribution < -0.4 is 4.74 Å². The normalized spacial score (nSPS) is 20.1. The molecule has 0 fully saturated rings. The van der Waals surface area contributed by atoms with Gasteiger partial charge in [-0.05, 0) is 44.2 Å². The van der Waals surface area contributed by atoms with Crippen molar-refractivity contribution in [3.05, 3.63) is 42.0 Å². The maximum atomic E-state index is 12.2. The molecular formula is C18H24O2. The van der Waals surface area contributed by atoms with Crippen LogP contribution in [0.3, 0.4) is 0 Å². The zero-order valence-electron chi connectivity index (χ0n) is 12.5. The Balaban J connectivity index is 1.91. The molecular weight excluding hydrogens is 248 g/mol. The number of carbonyl (C=O) groups is 1. The van der Waals surface area contributed by atoms with E-state index in [1.807, 2.05) is 37.3 Å². The fourth-order valence-corrected chi connectivity index (χ4v) is 2.82. The van der Waals surface area contributed by atoms with Crippen LogP contribution >= 0.6 is 0 Å². The van der Waals surface area contributed by atoms with Gasteiger partial charge in [-0.25, -0.2) is 0 Å². The summed E-state index contributed by atoms with van der Waals surface area (Å²) in [6.07, 6.45) is 8.18. The van der Waals surface area contributed by atoms with Gasteiger partial charge in [0.05, 0.1) is 5.92 Å². The van der Waals surface area contributed by atoms with Crippen molar-refractivity contribution in [3.63, 3.8) is 0 Å². The van der Waals surface area contributed by atoms with E-state index in [2.05, 4.69) is 13.0 Å². The average molecular weight is 272 g/mol. The number of hydrogen-bond donors (Lipinski definition) is 0. The SMILES string of the molecule is CCCC1CC=C(C(C)C(=O)Oc2ccccc2)CC1. The molecule has 2 atom stereocenters. The third-order valence-electron chi connectivity index (χ3n) is 4.12. The van der Waals surface area contributed by atoms with Gasteiger partial charge in [-0.15, -0.1) is 0 Å². The molecule has 2 nitrogen and oxygen atoms in total. The van der Waals surface area contributed by atoms with Crippen LogP contribution in [0.4, 0.5) is 0 Å². The molecule has 0 spiro atoms. The number of benzene rings is 1. The zero-order valence-corrected chi connectivity index (χ0v) is 12.5. The first-order valence-corrected chi connectivity index (χ1v) is 7.66. The van der Waals surface area contributed by atoms with Gasteiger partial charge in [-0.3, -0.25) is 4.79 Å². The van der Waals surface area contributed by atoms with Crippen LogP contribution in [0.25, 0.3) is 0 Å². The fraction of sp³-hybridized carbons (Fsp3) is 0.500. The first-order valence-electron chi connectivity index (χ1n) is 7.66. The predicted octanol–water partition coefficient (Wildman–Crippen LogP) is 4.75. The Kier molecular flexibility index (Phi) is 5.40. The highest BCUT2D eigenvalue weighted by molar-refractivity contribution is 5.77. The Labute approximate surface area is 121 Å². The van der Waals surface area contributed by atoms with Crippen LogP contribution in [0.5, 0.6) is 5.75 Å². The van der Waals surface area contributed by atoms with Crippen LogP contribution in [0.15, 0.2) is 42.0 Å². The van der Waals surface area contributed by atoms with E-state index in [1.165, 1.54) is 24.8 Å². The van der Waals surface area contributed by atoms with Crippen molar-refractivity contribution in [1.82, 2.24) is 0 Å². The van der Waals surface area contributed by atoms with Gasteiger partial charge in [0.2, 0.25) is 0 Å². The summed E-state index contributed by atoms with van der Waals surface area (Å²) in [6.45, 7) is 4.19. The van der Waals surface area contributed by atoms with Crippen molar-refractivity contribution in [2.24, 2.45) is 11.8 Å². The van der Waals surface area contributed by atoms with E-state index in [4.69, 9.17) is 4.74 Å². The minimum atomic E-state index is -0.142. The summed E-state index contributed by atoms with van der Waals surface area (Å²) in [5.41, 5.74) is 1.25. The highest BCUT2D eigenvalue weighted by Gasteiger charge is 2.23. The van der Waals surface area contributed by atoms with E-state index in [1.54, 1.807) is 0 Å². The highest BCUT2D eigenvalue weighted by atomic mass is 16.5. The second-order valence-electron chi connectivity index (χ2n) is 5.66. The molecule has 2 rings (SSSR count). The summed E-state index contributed by atoms with van der Waals surface area (Å²) < 4.78 is 5.42. The maximum absolute atomic E-state index is 12.2. The highest BCUT2D eigenvalue weighted by Crippen LogP contribution is 2.31. The number of hydrogen-bond acceptors (Lipinski definition) is 2. The molecule has 1 aliphatic rings. The third kappa shape index (κ3) is 3.96. The molecule has 20 heavy (non-hydrogen) atoms. The number of carbonyl (C=O) groups excluding carboxylic acids is 1. The van der Waals surface area contributed by atoms with Gasteiger partial charge < -0.3 is 4.74 Å². The van der Waals surface area contributed by atoms with E-state index in [0.29, 0.717) is 5.75 Å². The van der Waals surface area contributed by atoms with Crippen LogP contribution in [-0.4, -0.2) is 5.97 Å². The summed E-state index contributed by atoms with van der Waals surface area (Å²) in [4.78, 5) is 12.2. The number of ether oxygens (including phenoxy) is 1. The Morgan fingerprint density at radius 1 is 1.35 bits per heavy atom. The van der Waals surface area contributed by atoms with E-state index in [-0.39, 0.29) is 11.9 Å². The Hall–Kier alpha value is -1.57. The third-order valence-corrected chi connectivity index (χ3v) is 4.12. The smallest absolute Gasteiger partial charge is 0.318 e. The summed E-state index contributed by atoms with van der Waals surface area (Å²) in [5, 5.41) is 0. The molecule has 2 heteroatoms. The first kappa shape index (κ1) is 14.8. The fourth-order valence-electron chi connectivity index (χ4n) is 2.82. The van der Waals surface area contributed by atoms with Gasteiger partial charge >= 0.3 is 5.97 Å². The molecule has 0 saturated heterocycles. The van der Waals surface area contributed by atoms with Crippen molar-refractivity contribution in [1.29, 1.82) is 0 Å². The van der Waals surface area contributed by atoms with Crippen LogP contribution in [0.1, 0.15) is 46.0 Å². The molecule has 0 heterocycles. The van der Waals surface area contributed by atoms with Crippen molar-refractivity contribution < 1.29 is 9.53 Å². The Morgan fingerprint density at radius 2 is 2.10 bits per heavy atom. The van der Waals surface area contributed by atoms with Crippen molar-refractivity contribution in [2.75, 3.05) is 0 Å². The van der Waals surface area contributed by atoms with Crippen molar-refractivity contribution >= 4 is 5.97 Å². The summed E-state index contributed by atoms with van der Waals surface area (Å²) in [7, 11) is 0. The van der Waals surface area contributed by atoms with Gasteiger partial charge in [-0.1, -0.05) is 49.6 Å². The van der Waals surface area contributed by atoms with E-state index in [9.17, 15) is 4.79 Å². The molecule has 2 unspecified atom stereocenters. The van der Waals surface area contributed by atoms with Gasteiger partial charge in [0.15, 0.2) is 0 Å². The molecule has 1 aromatic rings. The summed E-state index contributed by atoms with van der Waals surface area (Å²) in [5.74, 6) is 1.17. The average Bonchev–Trinajstić information content (AvgIpc) is 2.48. The van der Waals surface area contributed by atoms with E-state index < -0.39 is 0 Å². The first-order chi connectivity index (χ1) is 9.70. The van der Waals surface area contributed by atoms with Gasteiger partial charge in [0, 0.05) is 0 Å². The number of esters is 1. The standard InChI is InChI=1S/C18H24O2/c1-3-7-15-10-12-16(13-11-15)14(2)18(19)20-17-8-5-4-6-9-17/h4-6,8-9,12,14-15H,3,7,10-11,13H2,1-2H3. The molecule has 108 valence electrons. The Morgan fingerprint density at radius 3 is 2.70 bits per heavy atom. The molecule has 1 aromatic carbocycles. The predicted molar refractivity (Wildman–Crippen MR) is 81.6 cm³/mol.